The fraction of sp³-hybridized carbons (Fsp3) is 0.261. The van der Waals surface area contributed by atoms with E-state index in [1.807, 2.05) is 0 Å². The van der Waals surface area contributed by atoms with Crippen LogP contribution in [0, 0.1) is 23.4 Å². The highest BCUT2D eigenvalue weighted by Crippen LogP contribution is 2.54. The van der Waals surface area contributed by atoms with E-state index in [2.05, 4.69) is 4.99 Å². The first-order chi connectivity index (χ1) is 16.1. The molecule has 0 saturated heterocycles. The molecule has 0 radical (unpaired) electrons. The van der Waals surface area contributed by atoms with Crippen LogP contribution in [0.1, 0.15) is 23.7 Å². The van der Waals surface area contributed by atoms with Gasteiger partial charge in [-0.3, -0.25) is 14.6 Å². The quantitative estimate of drug-likeness (QED) is 0.478. The van der Waals surface area contributed by atoms with Crippen molar-refractivity contribution in [1.29, 1.82) is 0 Å². The van der Waals surface area contributed by atoms with Gasteiger partial charge in [-0.2, -0.15) is 0 Å². The first kappa shape index (κ1) is 23.6. The summed E-state index contributed by atoms with van der Waals surface area (Å²) in [5.74, 6) is -7.35. The minimum atomic E-state index is -2.03. The van der Waals surface area contributed by atoms with Crippen LogP contribution in [0.3, 0.4) is 0 Å². The zero-order chi connectivity index (χ0) is 24.9. The van der Waals surface area contributed by atoms with Crippen molar-refractivity contribution in [2.75, 3.05) is 14.2 Å². The summed E-state index contributed by atoms with van der Waals surface area (Å²) in [7, 11) is 2.68. The Morgan fingerprint density at radius 2 is 1.76 bits per heavy atom. The summed E-state index contributed by atoms with van der Waals surface area (Å²) in [5, 5.41) is 11.1. The molecule has 178 valence electrons. The molecule has 7 nitrogen and oxygen atoms in total. The van der Waals surface area contributed by atoms with Crippen LogP contribution in [0.15, 0.2) is 34.5 Å². The van der Waals surface area contributed by atoms with E-state index in [4.69, 9.17) is 25.8 Å². The summed E-state index contributed by atoms with van der Waals surface area (Å²) in [4.78, 5) is 30.0. The topological polar surface area (TPSA) is 94.4 Å². The van der Waals surface area contributed by atoms with Gasteiger partial charge in [0.05, 0.1) is 25.5 Å². The van der Waals surface area contributed by atoms with Gasteiger partial charge in [0.15, 0.2) is 34.7 Å². The number of halogens is 4. The van der Waals surface area contributed by atoms with Crippen LogP contribution in [0.25, 0.3) is 0 Å². The van der Waals surface area contributed by atoms with Gasteiger partial charge in [0, 0.05) is 36.8 Å². The third-order valence-corrected chi connectivity index (χ3v) is 6.18. The number of hydrogen-bond donors (Lipinski definition) is 1. The number of carbonyl (C=O) groups is 2. The predicted octanol–water partition coefficient (Wildman–Crippen LogP) is 4.91. The van der Waals surface area contributed by atoms with E-state index in [1.165, 1.54) is 27.2 Å². The van der Waals surface area contributed by atoms with Crippen molar-refractivity contribution in [1.82, 2.24) is 0 Å². The van der Waals surface area contributed by atoms with Gasteiger partial charge >= 0.3 is 0 Å². The second kappa shape index (κ2) is 8.35. The number of methoxy groups -OCH3 is 2. The number of rotatable bonds is 4. The first-order valence-electron chi connectivity index (χ1n) is 9.90. The number of ketones is 2. The Kier molecular flexibility index (Phi) is 5.80. The summed E-state index contributed by atoms with van der Waals surface area (Å²) in [6.45, 7) is 1.54. The number of aliphatic imine (C=N–C) groups is 1. The molecule has 1 aliphatic carbocycles. The predicted molar refractivity (Wildman–Crippen MR) is 115 cm³/mol. The highest BCUT2D eigenvalue weighted by atomic mass is 35.5. The summed E-state index contributed by atoms with van der Waals surface area (Å²) >= 11 is 6.34. The average molecular weight is 496 g/mol. The van der Waals surface area contributed by atoms with Gasteiger partial charge in [-0.05, 0) is 0 Å². The molecule has 2 aromatic carbocycles. The van der Waals surface area contributed by atoms with Crippen molar-refractivity contribution < 1.29 is 42.1 Å². The van der Waals surface area contributed by atoms with Crippen LogP contribution in [-0.4, -0.2) is 42.7 Å². The number of aliphatic hydroxyl groups is 1. The van der Waals surface area contributed by atoms with E-state index < -0.39 is 51.9 Å². The molecule has 0 bridgehead atoms. The molecule has 0 aromatic heterocycles. The number of benzene rings is 2. The molecule has 2 unspecified atom stereocenters. The second-order valence-corrected chi connectivity index (χ2v) is 8.12. The molecular formula is C23H17ClF3NO6. The molecule has 2 aromatic rings. The van der Waals surface area contributed by atoms with Gasteiger partial charge < -0.3 is 19.3 Å². The molecule has 4 rings (SSSR count). The fourth-order valence-corrected chi connectivity index (χ4v) is 4.33. The summed E-state index contributed by atoms with van der Waals surface area (Å²) in [5.41, 5.74) is -2.83. The van der Waals surface area contributed by atoms with Gasteiger partial charge in [-0.15, -0.1) is 0 Å². The molecule has 1 heterocycles. The zero-order valence-corrected chi connectivity index (χ0v) is 18.8. The van der Waals surface area contributed by atoms with Gasteiger partial charge in [0.25, 0.3) is 0 Å². The minimum Gasteiger partial charge on any atom is -0.507 e. The van der Waals surface area contributed by atoms with Gasteiger partial charge in [-0.1, -0.05) is 18.5 Å². The fourth-order valence-electron chi connectivity index (χ4n) is 4.07. The lowest BCUT2D eigenvalue weighted by atomic mass is 9.73. The standard InChI is InChI=1S/C23H17ClF3NO6/c1-9-4-14(29)11(8-28-10-5-12(25)19(27)13(26)6-10)21(30)23(9)22(31)17-15(32-2)7-16(33-3)18(24)20(17)34-23/h5-9,30H,4H2,1-3H3. The lowest BCUT2D eigenvalue weighted by Gasteiger charge is -2.36. The summed E-state index contributed by atoms with van der Waals surface area (Å²) in [6.07, 6.45) is 0.616. The Balaban J connectivity index is 1.86. The second-order valence-electron chi connectivity index (χ2n) is 7.74. The maximum absolute atomic E-state index is 13.6. The van der Waals surface area contributed by atoms with Gasteiger partial charge in [-0.25, -0.2) is 13.2 Å². The van der Waals surface area contributed by atoms with E-state index >= 15 is 0 Å². The van der Waals surface area contributed by atoms with Crippen molar-refractivity contribution in [3.05, 3.63) is 57.6 Å². The van der Waals surface area contributed by atoms with E-state index in [0.717, 1.165) is 6.21 Å². The highest BCUT2D eigenvalue weighted by Gasteiger charge is 2.60. The Bertz CT molecular complexity index is 1290. The molecule has 0 saturated carbocycles. The van der Waals surface area contributed by atoms with Gasteiger partial charge in [0.1, 0.15) is 22.1 Å². The smallest absolute Gasteiger partial charge is 0.231 e. The number of ether oxygens (including phenoxy) is 3. The Morgan fingerprint density at radius 1 is 1.15 bits per heavy atom. The van der Waals surface area contributed by atoms with E-state index in [1.54, 1.807) is 0 Å². The maximum atomic E-state index is 13.6. The van der Waals surface area contributed by atoms with Crippen molar-refractivity contribution in [3.8, 4) is 17.2 Å². The van der Waals surface area contributed by atoms with E-state index in [9.17, 15) is 27.9 Å². The number of aliphatic hydroxyl groups excluding tert-OH is 1. The van der Waals surface area contributed by atoms with Crippen LogP contribution in [0.2, 0.25) is 5.02 Å². The van der Waals surface area contributed by atoms with E-state index in [-0.39, 0.29) is 39.9 Å². The summed E-state index contributed by atoms with van der Waals surface area (Å²) in [6, 6.07) is 2.62. The van der Waals surface area contributed by atoms with Crippen molar-refractivity contribution in [3.63, 3.8) is 0 Å². The Labute approximate surface area is 196 Å². The lowest BCUT2D eigenvalue weighted by molar-refractivity contribution is -0.118. The van der Waals surface area contributed by atoms with Crippen LogP contribution in [0.5, 0.6) is 17.2 Å². The number of carbonyl (C=O) groups excluding carboxylic acids is 2. The Hall–Kier alpha value is -3.53. The molecule has 2 aliphatic rings. The normalized spacial score (nSPS) is 21.9. The Morgan fingerprint density at radius 3 is 2.35 bits per heavy atom. The molecule has 11 heteroatoms. The third kappa shape index (κ3) is 3.32. The molecule has 1 aliphatic heterocycles. The third-order valence-electron chi connectivity index (χ3n) is 5.82. The molecule has 2 atom stereocenters. The SMILES string of the molecule is COc1cc(OC)c2c(c1Cl)OC1(C2=O)C(O)=C(C=Nc2cc(F)c(F)c(F)c2)C(=O)CC1C. The van der Waals surface area contributed by atoms with Crippen molar-refractivity contribution >= 4 is 35.1 Å². The number of nitrogens with zero attached hydrogens (tertiary/aromatic N) is 1. The van der Waals surface area contributed by atoms with E-state index in [0.29, 0.717) is 12.1 Å². The monoisotopic (exact) mass is 495 g/mol. The van der Waals surface area contributed by atoms with Crippen molar-refractivity contribution in [2.24, 2.45) is 10.9 Å². The van der Waals surface area contributed by atoms with Crippen LogP contribution < -0.4 is 14.2 Å². The minimum absolute atomic E-state index is 0.0343. The molecule has 0 amide bonds. The molecule has 1 N–H and O–H groups in total. The molecule has 0 fully saturated rings. The largest absolute Gasteiger partial charge is 0.507 e. The number of hydrogen-bond acceptors (Lipinski definition) is 7. The first-order valence-corrected chi connectivity index (χ1v) is 10.3. The number of Topliss-reactive ketones (excluding diaryl/α,β-unsaturated/α-hetero) is 2. The maximum Gasteiger partial charge on any atom is 0.231 e. The number of allylic oxidation sites excluding steroid dienone is 1. The van der Waals surface area contributed by atoms with Crippen LogP contribution in [-0.2, 0) is 4.79 Å². The lowest BCUT2D eigenvalue weighted by Crippen LogP contribution is -2.52. The zero-order valence-electron chi connectivity index (χ0n) is 18.0. The number of fused-ring (bicyclic) bond motifs is 1. The average Bonchev–Trinajstić information content (AvgIpc) is 3.11. The van der Waals surface area contributed by atoms with Crippen molar-refractivity contribution in [2.45, 2.75) is 18.9 Å². The molecular weight excluding hydrogens is 479 g/mol. The highest BCUT2D eigenvalue weighted by molar-refractivity contribution is 6.35. The molecule has 1 spiro atoms. The van der Waals surface area contributed by atoms with Crippen LogP contribution in [0.4, 0.5) is 18.9 Å². The van der Waals surface area contributed by atoms with Gasteiger partial charge in [0.2, 0.25) is 11.4 Å². The van der Waals surface area contributed by atoms with Crippen LogP contribution >= 0.6 is 11.6 Å². The summed E-state index contributed by atoms with van der Waals surface area (Å²) < 4.78 is 56.6. The molecule has 34 heavy (non-hydrogen) atoms.